The monoisotopic (exact) mass is 656 g/mol. The van der Waals surface area contributed by atoms with Gasteiger partial charge in [0, 0.05) is 44.2 Å². The van der Waals surface area contributed by atoms with Crippen molar-refractivity contribution in [1.29, 1.82) is 0 Å². The van der Waals surface area contributed by atoms with Gasteiger partial charge in [-0.2, -0.15) is 0 Å². The number of β-amino-alcohol motifs (C(OH)–C–C–N with tert-alkyl or cyclic N) is 1. The fourth-order valence-corrected chi connectivity index (χ4v) is 7.41. The summed E-state index contributed by atoms with van der Waals surface area (Å²) in [6.45, 7) is 2.73. The average Bonchev–Trinajstić information content (AvgIpc) is 3.09. The molecule has 0 radical (unpaired) electrons. The first kappa shape index (κ1) is 33.6. The molecule has 0 bridgehead atoms. The molecule has 11 nitrogen and oxygen atoms in total. The standard InChI is InChI=1S/C37H48N6O5/c1-23-17-27(11-14-33(23)47-4)24-5-7-25(8-6-24)34(32-18-28(15-16-38-32)29-19-39-36(40-20-29)42(2)3)41-35(45)26-9-12-31(13-10-26)48-37(46)43-21-30(44)22-43/h11,14-20,24-26,30-31,34,44H,5-10,12-13,21-22H2,1-4H3,(H,41,45). The molecule has 3 aliphatic rings. The van der Waals surface area contributed by atoms with Crippen LogP contribution >= 0.6 is 0 Å². The van der Waals surface area contributed by atoms with E-state index in [1.54, 1.807) is 7.11 Å². The van der Waals surface area contributed by atoms with E-state index in [4.69, 9.17) is 14.5 Å². The number of aromatic nitrogens is 3. The van der Waals surface area contributed by atoms with Crippen LogP contribution in [0.1, 0.15) is 80.1 Å². The number of amides is 2. The van der Waals surface area contributed by atoms with Gasteiger partial charge in [0.15, 0.2) is 0 Å². The lowest BCUT2D eigenvalue weighted by Crippen LogP contribution is -2.54. The highest BCUT2D eigenvalue weighted by atomic mass is 16.6. The Balaban J connectivity index is 1.15. The van der Waals surface area contributed by atoms with Crippen LogP contribution in [0.25, 0.3) is 11.1 Å². The van der Waals surface area contributed by atoms with Gasteiger partial charge in [-0.15, -0.1) is 0 Å². The van der Waals surface area contributed by atoms with Crippen LogP contribution in [-0.2, 0) is 9.53 Å². The van der Waals surface area contributed by atoms with Crippen LogP contribution < -0.4 is 15.0 Å². The van der Waals surface area contributed by atoms with Gasteiger partial charge < -0.3 is 29.7 Å². The Morgan fingerprint density at radius 1 is 0.938 bits per heavy atom. The van der Waals surface area contributed by atoms with E-state index in [-0.39, 0.29) is 36.0 Å². The zero-order valence-electron chi connectivity index (χ0n) is 28.5. The van der Waals surface area contributed by atoms with E-state index < -0.39 is 6.10 Å². The summed E-state index contributed by atoms with van der Waals surface area (Å²) < 4.78 is 11.2. The van der Waals surface area contributed by atoms with Crippen molar-refractivity contribution in [1.82, 2.24) is 25.2 Å². The molecule has 2 aromatic heterocycles. The quantitative estimate of drug-likeness (QED) is 0.310. The predicted octanol–water partition coefficient (Wildman–Crippen LogP) is 5.42. The van der Waals surface area contributed by atoms with Crippen LogP contribution in [0.5, 0.6) is 5.75 Å². The maximum absolute atomic E-state index is 13.9. The summed E-state index contributed by atoms with van der Waals surface area (Å²) in [6, 6.07) is 10.3. The summed E-state index contributed by atoms with van der Waals surface area (Å²) >= 11 is 0. The van der Waals surface area contributed by atoms with Gasteiger partial charge in [-0.3, -0.25) is 9.78 Å². The number of nitrogens with zero attached hydrogens (tertiary/aromatic N) is 5. The zero-order chi connectivity index (χ0) is 33.8. The number of carbonyl (C=O) groups is 2. The number of aryl methyl sites for hydroxylation is 1. The maximum atomic E-state index is 13.9. The molecular weight excluding hydrogens is 608 g/mol. The number of carbonyl (C=O) groups excluding carboxylic acids is 2. The first-order valence-electron chi connectivity index (χ1n) is 17.2. The van der Waals surface area contributed by atoms with Crippen molar-refractivity contribution in [2.45, 2.75) is 82.5 Å². The van der Waals surface area contributed by atoms with Crippen LogP contribution in [0.15, 0.2) is 48.9 Å². The summed E-state index contributed by atoms with van der Waals surface area (Å²) in [5.41, 5.74) is 5.20. The SMILES string of the molecule is COc1ccc(C2CCC(C(NC(=O)C3CCC(OC(=O)N4CC(O)C4)CC3)c3cc(-c4cnc(N(C)C)nc4)ccn3)CC2)cc1C. The van der Waals surface area contributed by atoms with Gasteiger partial charge in [0.1, 0.15) is 11.9 Å². The van der Waals surface area contributed by atoms with Crippen molar-refractivity contribution in [3.8, 4) is 16.9 Å². The molecule has 2 amide bonds. The van der Waals surface area contributed by atoms with Gasteiger partial charge in [-0.25, -0.2) is 14.8 Å². The normalized spacial score (nSPS) is 23.5. The van der Waals surface area contributed by atoms with E-state index in [0.29, 0.717) is 50.6 Å². The summed E-state index contributed by atoms with van der Waals surface area (Å²) in [7, 11) is 5.53. The Bertz CT molecular complexity index is 1560. The molecule has 1 saturated heterocycles. The fourth-order valence-electron chi connectivity index (χ4n) is 7.41. The van der Waals surface area contributed by atoms with E-state index in [0.717, 1.165) is 53.8 Å². The number of aliphatic hydroxyl groups is 1. The molecule has 256 valence electrons. The van der Waals surface area contributed by atoms with Crippen molar-refractivity contribution in [2.24, 2.45) is 11.8 Å². The van der Waals surface area contributed by atoms with Gasteiger partial charge in [-0.1, -0.05) is 12.1 Å². The van der Waals surface area contributed by atoms with Gasteiger partial charge in [0.2, 0.25) is 11.9 Å². The molecule has 3 aromatic rings. The van der Waals surface area contributed by atoms with Crippen molar-refractivity contribution >= 4 is 17.9 Å². The molecule has 6 rings (SSSR count). The van der Waals surface area contributed by atoms with Crippen molar-refractivity contribution in [3.63, 3.8) is 0 Å². The number of likely N-dealkylation sites (tertiary alicyclic amines) is 1. The first-order valence-corrected chi connectivity index (χ1v) is 17.2. The number of benzene rings is 1. The second-order valence-electron chi connectivity index (χ2n) is 13.9. The highest BCUT2D eigenvalue weighted by Gasteiger charge is 2.36. The minimum Gasteiger partial charge on any atom is -0.496 e. The third kappa shape index (κ3) is 7.72. The second kappa shape index (κ2) is 14.9. The van der Waals surface area contributed by atoms with Gasteiger partial charge in [0.25, 0.3) is 0 Å². The van der Waals surface area contributed by atoms with Gasteiger partial charge >= 0.3 is 6.09 Å². The lowest BCUT2D eigenvalue weighted by Gasteiger charge is -2.37. The zero-order valence-corrected chi connectivity index (χ0v) is 28.5. The van der Waals surface area contributed by atoms with E-state index in [9.17, 15) is 14.7 Å². The van der Waals surface area contributed by atoms with Crippen LogP contribution in [-0.4, -0.2) is 83.5 Å². The van der Waals surface area contributed by atoms with Crippen LogP contribution in [0.4, 0.5) is 10.7 Å². The number of methoxy groups -OCH3 is 1. The highest BCUT2D eigenvalue weighted by Crippen LogP contribution is 2.42. The number of pyridine rings is 1. The van der Waals surface area contributed by atoms with E-state index in [2.05, 4.69) is 46.5 Å². The molecule has 0 spiro atoms. The summed E-state index contributed by atoms with van der Waals surface area (Å²) in [5.74, 6) is 2.14. The minimum atomic E-state index is -0.459. The lowest BCUT2D eigenvalue weighted by molar-refractivity contribution is -0.128. The van der Waals surface area contributed by atoms with Crippen LogP contribution in [0.3, 0.4) is 0 Å². The number of nitrogens with one attached hydrogen (secondary N) is 1. The molecule has 48 heavy (non-hydrogen) atoms. The van der Waals surface area contributed by atoms with Crippen LogP contribution in [0, 0.1) is 18.8 Å². The van der Waals surface area contributed by atoms with Crippen molar-refractivity contribution in [2.75, 3.05) is 39.2 Å². The topological polar surface area (TPSA) is 130 Å². The molecule has 3 heterocycles. The number of ether oxygens (including phenoxy) is 2. The number of hydrogen-bond acceptors (Lipinski definition) is 9. The Morgan fingerprint density at radius 2 is 1.65 bits per heavy atom. The Morgan fingerprint density at radius 3 is 2.27 bits per heavy atom. The molecule has 1 unspecified atom stereocenters. The minimum absolute atomic E-state index is 0.0365. The Hall–Kier alpha value is -4.25. The van der Waals surface area contributed by atoms with Gasteiger partial charge in [-0.05, 0) is 105 Å². The third-order valence-electron chi connectivity index (χ3n) is 10.3. The van der Waals surface area contributed by atoms with E-state index in [1.807, 2.05) is 43.7 Å². The smallest absolute Gasteiger partial charge is 0.410 e. The third-order valence-corrected chi connectivity index (χ3v) is 10.3. The molecule has 1 aromatic carbocycles. The molecule has 2 saturated carbocycles. The van der Waals surface area contributed by atoms with Crippen LogP contribution in [0.2, 0.25) is 0 Å². The van der Waals surface area contributed by atoms with Crippen molar-refractivity contribution < 1.29 is 24.2 Å². The average molecular weight is 657 g/mol. The first-order chi connectivity index (χ1) is 23.2. The van der Waals surface area contributed by atoms with E-state index >= 15 is 0 Å². The molecule has 2 N–H and O–H groups in total. The number of anilines is 1. The molecule has 11 heteroatoms. The molecular formula is C37H48N6O5. The van der Waals surface area contributed by atoms with Gasteiger partial charge in [0.05, 0.1) is 38.0 Å². The molecule has 1 atom stereocenters. The molecule has 1 aliphatic heterocycles. The lowest BCUT2D eigenvalue weighted by atomic mass is 9.74. The number of rotatable bonds is 9. The van der Waals surface area contributed by atoms with E-state index in [1.165, 1.54) is 10.5 Å². The Labute approximate surface area is 283 Å². The maximum Gasteiger partial charge on any atom is 0.410 e. The molecule has 2 aliphatic carbocycles. The summed E-state index contributed by atoms with van der Waals surface area (Å²) in [6.07, 6.45) is 11.1. The highest BCUT2D eigenvalue weighted by molar-refractivity contribution is 5.79. The summed E-state index contributed by atoms with van der Waals surface area (Å²) in [4.78, 5) is 43.4. The largest absolute Gasteiger partial charge is 0.496 e. The number of aliphatic hydroxyl groups excluding tert-OH is 1. The molecule has 3 fully saturated rings. The number of hydrogen-bond donors (Lipinski definition) is 2. The predicted molar refractivity (Wildman–Crippen MR) is 183 cm³/mol. The Kier molecular flexibility index (Phi) is 10.4. The summed E-state index contributed by atoms with van der Waals surface area (Å²) in [5, 5.41) is 13.0. The fraction of sp³-hybridized carbons (Fsp3) is 0.541. The van der Waals surface area contributed by atoms with Crippen molar-refractivity contribution in [3.05, 3.63) is 65.7 Å². The second-order valence-corrected chi connectivity index (χ2v) is 13.9.